The SMILES string of the molecule is CCCCCCCC(Cn1cnc2ccccc21)NCC. The molecule has 2 aromatic rings. The van der Waals surface area contributed by atoms with E-state index in [1.807, 2.05) is 6.33 Å². The Bertz CT molecular complexity index is 518. The maximum absolute atomic E-state index is 4.49. The number of rotatable bonds is 10. The van der Waals surface area contributed by atoms with Gasteiger partial charge in [-0.2, -0.15) is 0 Å². The Morgan fingerprint density at radius 3 is 2.71 bits per heavy atom. The molecule has 2 rings (SSSR count). The first-order chi connectivity index (χ1) is 10.3. The van der Waals surface area contributed by atoms with Crippen molar-refractivity contribution in [2.24, 2.45) is 0 Å². The highest BCUT2D eigenvalue weighted by Crippen LogP contribution is 2.14. The second-order valence-electron chi connectivity index (χ2n) is 5.84. The van der Waals surface area contributed by atoms with Crippen LogP contribution >= 0.6 is 0 Å². The Hall–Kier alpha value is -1.35. The minimum absolute atomic E-state index is 0.550. The molecule has 1 heterocycles. The summed E-state index contributed by atoms with van der Waals surface area (Å²) in [6, 6.07) is 8.93. The lowest BCUT2D eigenvalue weighted by Gasteiger charge is -2.19. The first kappa shape index (κ1) is 16.0. The van der Waals surface area contributed by atoms with Crippen LogP contribution in [0.2, 0.25) is 0 Å². The van der Waals surface area contributed by atoms with Gasteiger partial charge in [0.05, 0.1) is 17.4 Å². The van der Waals surface area contributed by atoms with Crippen molar-refractivity contribution in [3.8, 4) is 0 Å². The number of nitrogens with zero attached hydrogens (tertiary/aromatic N) is 2. The van der Waals surface area contributed by atoms with Gasteiger partial charge in [0.15, 0.2) is 0 Å². The number of likely N-dealkylation sites (N-methyl/N-ethyl adjacent to an activating group) is 1. The summed E-state index contributed by atoms with van der Waals surface area (Å²) >= 11 is 0. The number of fused-ring (bicyclic) bond motifs is 1. The van der Waals surface area contributed by atoms with Gasteiger partial charge in [0, 0.05) is 12.6 Å². The van der Waals surface area contributed by atoms with Crippen molar-refractivity contribution in [2.75, 3.05) is 6.54 Å². The largest absolute Gasteiger partial charge is 0.329 e. The highest BCUT2D eigenvalue weighted by atomic mass is 15.1. The van der Waals surface area contributed by atoms with Gasteiger partial charge >= 0.3 is 0 Å². The van der Waals surface area contributed by atoms with Gasteiger partial charge in [-0.25, -0.2) is 4.98 Å². The molecule has 0 aliphatic heterocycles. The maximum atomic E-state index is 4.49. The van der Waals surface area contributed by atoms with Crippen LogP contribution in [0.4, 0.5) is 0 Å². The molecule has 0 radical (unpaired) electrons. The summed E-state index contributed by atoms with van der Waals surface area (Å²) in [5.74, 6) is 0. The standard InChI is InChI=1S/C18H29N3/c1-3-5-6-7-8-11-16(19-4-2)14-21-15-20-17-12-9-10-13-18(17)21/h9-10,12-13,15-16,19H,3-8,11,14H2,1-2H3. The van der Waals surface area contributed by atoms with Gasteiger partial charge in [-0.1, -0.05) is 58.1 Å². The van der Waals surface area contributed by atoms with Crippen LogP contribution < -0.4 is 5.32 Å². The van der Waals surface area contributed by atoms with Gasteiger partial charge in [0.25, 0.3) is 0 Å². The molecule has 3 nitrogen and oxygen atoms in total. The Labute approximate surface area is 128 Å². The van der Waals surface area contributed by atoms with Crippen molar-refractivity contribution in [3.63, 3.8) is 0 Å². The van der Waals surface area contributed by atoms with Crippen LogP contribution in [0.5, 0.6) is 0 Å². The molecular formula is C18H29N3. The molecule has 1 aromatic carbocycles. The van der Waals surface area contributed by atoms with E-state index in [0.29, 0.717) is 6.04 Å². The van der Waals surface area contributed by atoms with Gasteiger partial charge < -0.3 is 9.88 Å². The molecule has 21 heavy (non-hydrogen) atoms. The summed E-state index contributed by atoms with van der Waals surface area (Å²) in [5.41, 5.74) is 2.34. The number of benzene rings is 1. The number of nitrogens with one attached hydrogen (secondary N) is 1. The monoisotopic (exact) mass is 287 g/mol. The molecular weight excluding hydrogens is 258 g/mol. The summed E-state index contributed by atoms with van der Waals surface area (Å²) in [5, 5.41) is 3.63. The molecule has 1 atom stereocenters. The quantitative estimate of drug-likeness (QED) is 0.657. The highest BCUT2D eigenvalue weighted by Gasteiger charge is 2.10. The molecule has 1 unspecified atom stereocenters. The van der Waals surface area contributed by atoms with E-state index in [1.165, 1.54) is 44.0 Å². The van der Waals surface area contributed by atoms with Crippen molar-refractivity contribution in [3.05, 3.63) is 30.6 Å². The van der Waals surface area contributed by atoms with E-state index < -0.39 is 0 Å². The summed E-state index contributed by atoms with van der Waals surface area (Å²) in [6.45, 7) is 6.51. The Kier molecular flexibility index (Phi) is 6.74. The second-order valence-corrected chi connectivity index (χ2v) is 5.84. The normalized spacial score (nSPS) is 12.9. The fourth-order valence-corrected chi connectivity index (χ4v) is 2.93. The molecule has 116 valence electrons. The lowest BCUT2D eigenvalue weighted by atomic mass is 10.1. The van der Waals surface area contributed by atoms with Crippen LogP contribution in [0.3, 0.4) is 0 Å². The number of hydrogen-bond donors (Lipinski definition) is 1. The summed E-state index contributed by atoms with van der Waals surface area (Å²) in [4.78, 5) is 4.49. The van der Waals surface area contributed by atoms with Gasteiger partial charge in [-0.3, -0.25) is 0 Å². The van der Waals surface area contributed by atoms with Crippen molar-refractivity contribution < 1.29 is 0 Å². The third-order valence-corrected chi connectivity index (χ3v) is 4.09. The molecule has 0 amide bonds. The first-order valence-corrected chi connectivity index (χ1v) is 8.48. The Morgan fingerprint density at radius 1 is 1.10 bits per heavy atom. The average Bonchev–Trinajstić information content (AvgIpc) is 2.90. The highest BCUT2D eigenvalue weighted by molar-refractivity contribution is 5.74. The molecule has 0 fully saturated rings. The van der Waals surface area contributed by atoms with Crippen LogP contribution in [0.25, 0.3) is 11.0 Å². The Balaban J connectivity index is 1.89. The summed E-state index contributed by atoms with van der Waals surface area (Å²) < 4.78 is 2.29. The third kappa shape index (κ3) is 4.85. The number of aromatic nitrogens is 2. The van der Waals surface area contributed by atoms with E-state index in [-0.39, 0.29) is 0 Å². The third-order valence-electron chi connectivity index (χ3n) is 4.09. The van der Waals surface area contributed by atoms with Crippen molar-refractivity contribution in [2.45, 2.75) is 65.0 Å². The van der Waals surface area contributed by atoms with Crippen molar-refractivity contribution in [1.29, 1.82) is 0 Å². The summed E-state index contributed by atoms with van der Waals surface area (Å²) in [6.07, 6.45) is 9.99. The lowest BCUT2D eigenvalue weighted by Crippen LogP contribution is -2.32. The lowest BCUT2D eigenvalue weighted by molar-refractivity contribution is 0.417. The molecule has 0 aliphatic rings. The van der Waals surface area contributed by atoms with Gasteiger partial charge in [-0.15, -0.1) is 0 Å². The average molecular weight is 287 g/mol. The van der Waals surface area contributed by atoms with Crippen LogP contribution in [-0.2, 0) is 6.54 Å². The molecule has 0 saturated heterocycles. The summed E-state index contributed by atoms with van der Waals surface area (Å²) in [7, 11) is 0. The van der Waals surface area contributed by atoms with Crippen molar-refractivity contribution in [1.82, 2.24) is 14.9 Å². The number of unbranched alkanes of at least 4 members (excludes halogenated alkanes) is 4. The molecule has 0 spiro atoms. The molecule has 0 aliphatic carbocycles. The van der Waals surface area contributed by atoms with E-state index in [9.17, 15) is 0 Å². The van der Waals surface area contributed by atoms with Crippen molar-refractivity contribution >= 4 is 11.0 Å². The number of imidazole rings is 1. The predicted molar refractivity (Wildman–Crippen MR) is 90.6 cm³/mol. The van der Waals surface area contributed by atoms with Crippen LogP contribution in [0.1, 0.15) is 52.4 Å². The van der Waals surface area contributed by atoms with E-state index in [0.717, 1.165) is 18.6 Å². The number of para-hydroxylation sites is 2. The minimum atomic E-state index is 0.550. The predicted octanol–water partition coefficient (Wildman–Crippen LogP) is 4.37. The molecule has 3 heteroatoms. The van der Waals surface area contributed by atoms with E-state index >= 15 is 0 Å². The Morgan fingerprint density at radius 2 is 1.90 bits per heavy atom. The van der Waals surface area contributed by atoms with Crippen LogP contribution in [0, 0.1) is 0 Å². The molecule has 1 N–H and O–H groups in total. The zero-order valence-electron chi connectivity index (χ0n) is 13.5. The minimum Gasteiger partial charge on any atom is -0.329 e. The van der Waals surface area contributed by atoms with E-state index in [1.54, 1.807) is 0 Å². The fraction of sp³-hybridized carbons (Fsp3) is 0.611. The van der Waals surface area contributed by atoms with Gasteiger partial charge in [-0.05, 0) is 25.1 Å². The van der Waals surface area contributed by atoms with E-state index in [4.69, 9.17) is 0 Å². The maximum Gasteiger partial charge on any atom is 0.0958 e. The topological polar surface area (TPSA) is 29.9 Å². The van der Waals surface area contributed by atoms with Gasteiger partial charge in [0.1, 0.15) is 0 Å². The fourth-order valence-electron chi connectivity index (χ4n) is 2.93. The van der Waals surface area contributed by atoms with Crippen LogP contribution in [0.15, 0.2) is 30.6 Å². The second kappa shape index (κ2) is 8.83. The molecule has 0 saturated carbocycles. The smallest absolute Gasteiger partial charge is 0.0958 e. The zero-order chi connectivity index (χ0) is 14.9. The molecule has 0 bridgehead atoms. The van der Waals surface area contributed by atoms with Gasteiger partial charge in [0.2, 0.25) is 0 Å². The first-order valence-electron chi connectivity index (χ1n) is 8.48. The van der Waals surface area contributed by atoms with E-state index in [2.05, 4.69) is 53.0 Å². The van der Waals surface area contributed by atoms with Crippen LogP contribution in [-0.4, -0.2) is 22.1 Å². The number of hydrogen-bond acceptors (Lipinski definition) is 2. The molecule has 1 aromatic heterocycles. The zero-order valence-corrected chi connectivity index (χ0v) is 13.5.